The number of unbranched alkanes of at least 4 members (excludes halogenated alkanes) is 1. The van der Waals surface area contributed by atoms with Crippen LogP contribution in [0.4, 0.5) is 4.79 Å². The summed E-state index contributed by atoms with van der Waals surface area (Å²) in [5, 5.41) is 14.4. The quantitative estimate of drug-likeness (QED) is 0.438. The number of alkyl carbamates (subject to hydrolysis) is 1. The molecule has 0 saturated heterocycles. The van der Waals surface area contributed by atoms with Crippen LogP contribution in [0.3, 0.4) is 0 Å². The Morgan fingerprint density at radius 2 is 1.65 bits per heavy atom. The van der Waals surface area contributed by atoms with Gasteiger partial charge in [0.2, 0.25) is 0 Å². The van der Waals surface area contributed by atoms with Gasteiger partial charge in [-0.1, -0.05) is 68.3 Å². The first kappa shape index (κ1) is 25.2. The van der Waals surface area contributed by atoms with E-state index < -0.39 is 30.1 Å². The summed E-state index contributed by atoms with van der Waals surface area (Å²) < 4.78 is 10.7. The van der Waals surface area contributed by atoms with Crippen molar-refractivity contribution >= 4 is 18.0 Å². The van der Waals surface area contributed by atoms with Gasteiger partial charge in [-0.3, -0.25) is 9.59 Å². The SMILES string of the molecule is CCCC[C@H](CC(=O)O)NC(=O)C(CNC(=O)OCC1c2ccccc2-c2ccccc21)OC. The van der Waals surface area contributed by atoms with Crippen LogP contribution in [-0.4, -0.2) is 55.5 Å². The van der Waals surface area contributed by atoms with Crippen molar-refractivity contribution in [2.45, 2.75) is 50.7 Å². The lowest BCUT2D eigenvalue weighted by molar-refractivity contribution is -0.138. The highest BCUT2D eigenvalue weighted by Gasteiger charge is 2.29. The van der Waals surface area contributed by atoms with E-state index in [-0.39, 0.29) is 25.5 Å². The first-order chi connectivity index (χ1) is 16.4. The van der Waals surface area contributed by atoms with E-state index in [1.54, 1.807) is 0 Å². The number of rotatable bonds is 12. The molecule has 0 aromatic heterocycles. The van der Waals surface area contributed by atoms with E-state index in [1.165, 1.54) is 7.11 Å². The van der Waals surface area contributed by atoms with E-state index >= 15 is 0 Å². The topological polar surface area (TPSA) is 114 Å². The fourth-order valence-electron chi connectivity index (χ4n) is 4.29. The summed E-state index contributed by atoms with van der Waals surface area (Å²) in [7, 11) is 1.36. The van der Waals surface area contributed by atoms with Gasteiger partial charge in [0.15, 0.2) is 6.10 Å². The van der Waals surface area contributed by atoms with Gasteiger partial charge in [0, 0.05) is 19.1 Å². The van der Waals surface area contributed by atoms with E-state index in [9.17, 15) is 14.4 Å². The third-order valence-electron chi connectivity index (χ3n) is 6.03. The van der Waals surface area contributed by atoms with Crippen molar-refractivity contribution in [1.29, 1.82) is 0 Å². The number of ether oxygens (including phenoxy) is 2. The van der Waals surface area contributed by atoms with Crippen LogP contribution in [0.25, 0.3) is 11.1 Å². The summed E-state index contributed by atoms with van der Waals surface area (Å²) in [4.78, 5) is 36.0. The number of benzene rings is 2. The summed E-state index contributed by atoms with van der Waals surface area (Å²) in [5.41, 5.74) is 4.51. The molecule has 0 heterocycles. The van der Waals surface area contributed by atoms with Crippen LogP contribution in [-0.2, 0) is 19.1 Å². The van der Waals surface area contributed by atoms with Crippen LogP contribution < -0.4 is 10.6 Å². The number of hydrogen-bond acceptors (Lipinski definition) is 5. The summed E-state index contributed by atoms with van der Waals surface area (Å²) in [6, 6.07) is 15.6. The standard InChI is InChI=1S/C26H32N2O6/c1-3-4-9-17(14-24(29)30)28-25(31)23(33-2)15-27-26(32)34-16-22-20-12-7-5-10-18(20)19-11-6-8-13-21(19)22/h5-8,10-13,17,22-23H,3-4,9,14-16H2,1-2H3,(H,27,32)(H,28,31)(H,29,30)/t17-,23?/m1/s1. The van der Waals surface area contributed by atoms with E-state index in [2.05, 4.69) is 22.8 Å². The second kappa shape index (κ2) is 12.2. The minimum absolute atomic E-state index is 0.0602. The fraction of sp³-hybridized carbons (Fsp3) is 0.423. The molecule has 0 bridgehead atoms. The molecule has 8 nitrogen and oxygen atoms in total. The number of carboxylic acids is 1. The summed E-state index contributed by atoms with van der Waals surface area (Å²) in [6.07, 6.45) is 0.479. The van der Waals surface area contributed by atoms with Crippen molar-refractivity contribution < 1.29 is 29.0 Å². The largest absolute Gasteiger partial charge is 0.481 e. The number of carbonyl (C=O) groups is 3. The highest BCUT2D eigenvalue weighted by atomic mass is 16.5. The molecule has 8 heteroatoms. The summed E-state index contributed by atoms with van der Waals surface area (Å²) in [6.45, 7) is 2.07. The maximum absolute atomic E-state index is 12.6. The van der Waals surface area contributed by atoms with Crippen LogP contribution in [0.1, 0.15) is 49.7 Å². The number of carbonyl (C=O) groups excluding carboxylic acids is 2. The predicted molar refractivity (Wildman–Crippen MR) is 128 cm³/mol. The molecule has 3 N–H and O–H groups in total. The van der Waals surface area contributed by atoms with Crippen molar-refractivity contribution in [3.8, 4) is 11.1 Å². The molecule has 0 saturated carbocycles. The molecule has 34 heavy (non-hydrogen) atoms. The molecule has 2 aromatic carbocycles. The Labute approximate surface area is 199 Å². The maximum Gasteiger partial charge on any atom is 0.407 e. The van der Waals surface area contributed by atoms with Gasteiger partial charge >= 0.3 is 12.1 Å². The number of aliphatic carboxylic acids is 1. The first-order valence-electron chi connectivity index (χ1n) is 11.6. The normalized spacial score (nSPS) is 13.9. The Balaban J connectivity index is 1.53. The molecule has 2 aromatic rings. The molecule has 0 aliphatic heterocycles. The lowest BCUT2D eigenvalue weighted by Crippen LogP contribution is -2.47. The zero-order valence-electron chi connectivity index (χ0n) is 19.6. The second-order valence-corrected chi connectivity index (χ2v) is 8.38. The van der Waals surface area contributed by atoms with Crippen LogP contribution in [0.5, 0.6) is 0 Å². The summed E-state index contributed by atoms with van der Waals surface area (Å²) in [5.74, 6) is -1.51. The Morgan fingerprint density at radius 1 is 1.03 bits per heavy atom. The monoisotopic (exact) mass is 468 g/mol. The number of fused-ring (bicyclic) bond motifs is 3. The lowest BCUT2D eigenvalue weighted by Gasteiger charge is -2.21. The van der Waals surface area contributed by atoms with Gasteiger partial charge in [0.1, 0.15) is 6.61 Å². The van der Waals surface area contributed by atoms with Gasteiger partial charge in [0.25, 0.3) is 5.91 Å². The van der Waals surface area contributed by atoms with Gasteiger partial charge in [-0.2, -0.15) is 0 Å². The molecule has 0 spiro atoms. The minimum Gasteiger partial charge on any atom is -0.481 e. The van der Waals surface area contributed by atoms with Gasteiger partial charge in [-0.05, 0) is 28.7 Å². The average molecular weight is 469 g/mol. The van der Waals surface area contributed by atoms with Gasteiger partial charge in [0.05, 0.1) is 13.0 Å². The number of carboxylic acid groups (broad SMARTS) is 1. The fourth-order valence-corrected chi connectivity index (χ4v) is 4.29. The van der Waals surface area contributed by atoms with Gasteiger partial charge < -0.3 is 25.2 Å². The highest BCUT2D eigenvalue weighted by molar-refractivity contribution is 5.83. The van der Waals surface area contributed by atoms with Gasteiger partial charge in [-0.15, -0.1) is 0 Å². The molecule has 1 aliphatic rings. The number of nitrogens with one attached hydrogen (secondary N) is 2. The molecule has 0 radical (unpaired) electrons. The number of hydrogen-bond donors (Lipinski definition) is 3. The van der Waals surface area contributed by atoms with Crippen LogP contribution in [0, 0.1) is 0 Å². The van der Waals surface area contributed by atoms with Crippen molar-refractivity contribution in [3.63, 3.8) is 0 Å². The Morgan fingerprint density at radius 3 is 2.21 bits per heavy atom. The number of amides is 2. The van der Waals surface area contributed by atoms with Crippen LogP contribution in [0.15, 0.2) is 48.5 Å². The third kappa shape index (κ3) is 6.35. The van der Waals surface area contributed by atoms with Crippen molar-refractivity contribution in [1.82, 2.24) is 10.6 Å². The molecule has 3 rings (SSSR count). The first-order valence-corrected chi connectivity index (χ1v) is 11.6. The zero-order chi connectivity index (χ0) is 24.5. The van der Waals surface area contributed by atoms with Crippen molar-refractivity contribution in [3.05, 3.63) is 59.7 Å². The molecular weight excluding hydrogens is 436 g/mol. The van der Waals surface area contributed by atoms with E-state index in [4.69, 9.17) is 14.6 Å². The smallest absolute Gasteiger partial charge is 0.407 e. The minimum atomic E-state index is -0.980. The molecule has 182 valence electrons. The molecule has 1 aliphatic carbocycles. The van der Waals surface area contributed by atoms with E-state index in [0.717, 1.165) is 35.1 Å². The molecule has 2 amide bonds. The maximum atomic E-state index is 12.6. The van der Waals surface area contributed by atoms with E-state index in [1.807, 2.05) is 43.3 Å². The highest BCUT2D eigenvalue weighted by Crippen LogP contribution is 2.44. The predicted octanol–water partition coefficient (Wildman–Crippen LogP) is 3.69. The van der Waals surface area contributed by atoms with Crippen LogP contribution in [0.2, 0.25) is 0 Å². The third-order valence-corrected chi connectivity index (χ3v) is 6.03. The zero-order valence-corrected chi connectivity index (χ0v) is 19.6. The molecule has 2 atom stereocenters. The Kier molecular flexibility index (Phi) is 9.04. The van der Waals surface area contributed by atoms with Crippen molar-refractivity contribution in [2.75, 3.05) is 20.3 Å². The molecule has 0 fully saturated rings. The molecule has 1 unspecified atom stereocenters. The summed E-state index contributed by atoms with van der Waals surface area (Å²) >= 11 is 0. The van der Waals surface area contributed by atoms with E-state index in [0.29, 0.717) is 6.42 Å². The Bertz CT molecular complexity index is 963. The molecular formula is C26H32N2O6. The Hall–Kier alpha value is -3.39. The lowest BCUT2D eigenvalue weighted by atomic mass is 9.98. The number of methoxy groups -OCH3 is 1. The van der Waals surface area contributed by atoms with Crippen LogP contribution >= 0.6 is 0 Å². The van der Waals surface area contributed by atoms with Crippen molar-refractivity contribution in [2.24, 2.45) is 0 Å². The average Bonchev–Trinajstić information content (AvgIpc) is 3.15. The second-order valence-electron chi connectivity index (χ2n) is 8.38. The van der Waals surface area contributed by atoms with Gasteiger partial charge in [-0.25, -0.2) is 4.79 Å².